The molecular formula is C13H15FO4. The second-order valence-electron chi connectivity index (χ2n) is 4.28. The number of aliphatic hydroxyl groups excluding tert-OH is 1. The molecule has 4 atom stereocenters. The fourth-order valence-corrected chi connectivity index (χ4v) is 1.86. The van der Waals surface area contributed by atoms with Crippen molar-refractivity contribution in [3.8, 4) is 0 Å². The molecule has 0 radical (unpaired) electrons. The van der Waals surface area contributed by atoms with E-state index in [9.17, 15) is 14.3 Å². The number of ether oxygens (including phenoxy) is 2. The van der Waals surface area contributed by atoms with Crippen LogP contribution in [0.1, 0.15) is 17.3 Å². The number of rotatable bonds is 3. The molecule has 0 aliphatic carbocycles. The van der Waals surface area contributed by atoms with Crippen LogP contribution in [0.2, 0.25) is 0 Å². The molecule has 1 aromatic rings. The Bertz CT molecular complexity index is 409. The molecule has 1 aliphatic rings. The van der Waals surface area contributed by atoms with Crippen LogP contribution in [0.5, 0.6) is 0 Å². The maximum absolute atomic E-state index is 13.5. The van der Waals surface area contributed by atoms with E-state index in [1.165, 1.54) is 0 Å². The molecule has 1 fully saturated rings. The summed E-state index contributed by atoms with van der Waals surface area (Å²) in [4.78, 5) is 11.6. The molecule has 0 amide bonds. The molecule has 1 saturated heterocycles. The standard InChI is InChI=1S/C13H15FO4/c1-8-12(15)11(14)10(18-8)7-17-13(16)9-5-3-2-4-6-9/h2-6,8,10-12,15H,7H2,1H3/t8?,10-,11-,12+/m1/s1. The van der Waals surface area contributed by atoms with Crippen LogP contribution in [0.3, 0.4) is 0 Å². The number of hydrogen-bond donors (Lipinski definition) is 1. The van der Waals surface area contributed by atoms with Crippen LogP contribution in [0.15, 0.2) is 30.3 Å². The highest BCUT2D eigenvalue weighted by atomic mass is 19.1. The van der Waals surface area contributed by atoms with E-state index in [-0.39, 0.29) is 6.61 Å². The van der Waals surface area contributed by atoms with Gasteiger partial charge in [-0.25, -0.2) is 9.18 Å². The molecule has 4 nitrogen and oxygen atoms in total. The summed E-state index contributed by atoms with van der Waals surface area (Å²) in [6, 6.07) is 8.44. The molecular weight excluding hydrogens is 239 g/mol. The van der Waals surface area contributed by atoms with Gasteiger partial charge in [-0.2, -0.15) is 0 Å². The van der Waals surface area contributed by atoms with Crippen molar-refractivity contribution in [3.63, 3.8) is 0 Å². The smallest absolute Gasteiger partial charge is 0.338 e. The molecule has 1 aliphatic heterocycles. The topological polar surface area (TPSA) is 55.8 Å². The fraction of sp³-hybridized carbons (Fsp3) is 0.462. The van der Waals surface area contributed by atoms with Crippen molar-refractivity contribution in [2.75, 3.05) is 6.61 Å². The van der Waals surface area contributed by atoms with Gasteiger partial charge in [0.25, 0.3) is 0 Å². The monoisotopic (exact) mass is 254 g/mol. The van der Waals surface area contributed by atoms with E-state index < -0.39 is 30.5 Å². The Morgan fingerprint density at radius 3 is 2.67 bits per heavy atom. The predicted molar refractivity (Wildman–Crippen MR) is 62.0 cm³/mol. The molecule has 2 rings (SSSR count). The van der Waals surface area contributed by atoms with E-state index in [4.69, 9.17) is 9.47 Å². The summed E-state index contributed by atoms with van der Waals surface area (Å²) in [7, 11) is 0. The number of carbonyl (C=O) groups excluding carboxylic acids is 1. The molecule has 0 spiro atoms. The van der Waals surface area contributed by atoms with Crippen LogP contribution >= 0.6 is 0 Å². The molecule has 1 unspecified atom stereocenters. The van der Waals surface area contributed by atoms with Crippen LogP contribution in [0.25, 0.3) is 0 Å². The largest absolute Gasteiger partial charge is 0.459 e. The Hall–Kier alpha value is -1.46. The van der Waals surface area contributed by atoms with Crippen molar-refractivity contribution in [1.82, 2.24) is 0 Å². The lowest BCUT2D eigenvalue weighted by Gasteiger charge is -2.13. The summed E-state index contributed by atoms with van der Waals surface area (Å²) >= 11 is 0. The summed E-state index contributed by atoms with van der Waals surface area (Å²) < 4.78 is 23.7. The zero-order chi connectivity index (χ0) is 13.1. The molecule has 0 bridgehead atoms. The van der Waals surface area contributed by atoms with E-state index >= 15 is 0 Å². The maximum atomic E-state index is 13.5. The lowest BCUT2D eigenvalue weighted by Crippen LogP contribution is -2.31. The van der Waals surface area contributed by atoms with Crippen molar-refractivity contribution < 1.29 is 23.8 Å². The second-order valence-corrected chi connectivity index (χ2v) is 4.28. The lowest BCUT2D eigenvalue weighted by atomic mass is 10.1. The van der Waals surface area contributed by atoms with Gasteiger partial charge in [0.15, 0.2) is 6.17 Å². The van der Waals surface area contributed by atoms with Crippen LogP contribution in [0.4, 0.5) is 4.39 Å². The first kappa shape index (κ1) is 13.0. The molecule has 1 aromatic carbocycles. The Labute approximate surface area is 104 Å². The minimum Gasteiger partial charge on any atom is -0.459 e. The van der Waals surface area contributed by atoms with Crippen molar-refractivity contribution in [1.29, 1.82) is 0 Å². The van der Waals surface area contributed by atoms with Gasteiger partial charge in [-0.15, -0.1) is 0 Å². The van der Waals surface area contributed by atoms with Gasteiger partial charge >= 0.3 is 5.97 Å². The minimum atomic E-state index is -1.52. The van der Waals surface area contributed by atoms with Gasteiger partial charge in [-0.1, -0.05) is 18.2 Å². The third-order valence-electron chi connectivity index (χ3n) is 2.94. The third-order valence-corrected chi connectivity index (χ3v) is 2.94. The number of carbonyl (C=O) groups is 1. The number of benzene rings is 1. The first-order valence-electron chi connectivity index (χ1n) is 5.79. The van der Waals surface area contributed by atoms with E-state index in [1.807, 2.05) is 0 Å². The first-order chi connectivity index (χ1) is 8.59. The summed E-state index contributed by atoms with van der Waals surface area (Å²) in [6.07, 6.45) is -4.17. The first-order valence-corrected chi connectivity index (χ1v) is 5.79. The van der Waals surface area contributed by atoms with Crippen LogP contribution in [0, 0.1) is 0 Å². The SMILES string of the molecule is CC1O[C@H](COC(=O)c2ccccc2)[C@@H](F)[C@H]1O. The Morgan fingerprint density at radius 2 is 2.11 bits per heavy atom. The van der Waals surface area contributed by atoms with Crippen molar-refractivity contribution in [2.45, 2.75) is 31.4 Å². The Morgan fingerprint density at radius 1 is 1.44 bits per heavy atom. The molecule has 98 valence electrons. The van der Waals surface area contributed by atoms with Gasteiger partial charge in [-0.05, 0) is 19.1 Å². The molecule has 5 heteroatoms. The summed E-state index contributed by atoms with van der Waals surface area (Å²) in [5.74, 6) is -0.527. The van der Waals surface area contributed by atoms with Gasteiger partial charge in [-0.3, -0.25) is 0 Å². The summed E-state index contributed by atoms with van der Waals surface area (Å²) in [5, 5.41) is 9.38. The van der Waals surface area contributed by atoms with Crippen molar-refractivity contribution >= 4 is 5.97 Å². The van der Waals surface area contributed by atoms with Crippen LogP contribution in [-0.2, 0) is 9.47 Å². The van der Waals surface area contributed by atoms with Crippen molar-refractivity contribution in [2.24, 2.45) is 0 Å². The normalized spacial score (nSPS) is 31.3. The molecule has 1 heterocycles. The number of esters is 1. The molecule has 1 N–H and O–H groups in total. The summed E-state index contributed by atoms with van der Waals surface area (Å²) in [6.45, 7) is 1.38. The number of hydrogen-bond acceptors (Lipinski definition) is 4. The van der Waals surface area contributed by atoms with Gasteiger partial charge in [0.05, 0.1) is 11.7 Å². The summed E-state index contributed by atoms with van der Waals surface area (Å²) in [5.41, 5.74) is 0.402. The van der Waals surface area contributed by atoms with Crippen LogP contribution < -0.4 is 0 Å². The average Bonchev–Trinajstić information content (AvgIpc) is 2.64. The van der Waals surface area contributed by atoms with E-state index in [0.717, 1.165) is 0 Å². The van der Waals surface area contributed by atoms with E-state index in [0.29, 0.717) is 5.56 Å². The highest BCUT2D eigenvalue weighted by Gasteiger charge is 2.42. The molecule has 0 saturated carbocycles. The van der Waals surface area contributed by atoms with E-state index in [2.05, 4.69) is 0 Å². The molecule has 0 aromatic heterocycles. The Balaban J connectivity index is 1.88. The maximum Gasteiger partial charge on any atom is 0.338 e. The van der Waals surface area contributed by atoms with Gasteiger partial charge in [0.2, 0.25) is 0 Å². The average molecular weight is 254 g/mol. The predicted octanol–water partition coefficient (Wildman–Crippen LogP) is 1.33. The zero-order valence-corrected chi connectivity index (χ0v) is 9.95. The quantitative estimate of drug-likeness (QED) is 0.827. The van der Waals surface area contributed by atoms with Gasteiger partial charge in [0, 0.05) is 0 Å². The number of halogens is 1. The highest BCUT2D eigenvalue weighted by Crippen LogP contribution is 2.24. The van der Waals surface area contributed by atoms with Crippen LogP contribution in [-0.4, -0.2) is 42.2 Å². The Kier molecular flexibility index (Phi) is 3.93. The zero-order valence-electron chi connectivity index (χ0n) is 9.95. The van der Waals surface area contributed by atoms with Crippen molar-refractivity contribution in [3.05, 3.63) is 35.9 Å². The van der Waals surface area contributed by atoms with Gasteiger partial charge < -0.3 is 14.6 Å². The minimum absolute atomic E-state index is 0.198. The third kappa shape index (κ3) is 2.68. The van der Waals surface area contributed by atoms with Gasteiger partial charge in [0.1, 0.15) is 18.8 Å². The van der Waals surface area contributed by atoms with E-state index in [1.54, 1.807) is 37.3 Å². The number of aliphatic hydroxyl groups is 1. The molecule has 18 heavy (non-hydrogen) atoms. The number of alkyl halides is 1. The lowest BCUT2D eigenvalue weighted by molar-refractivity contribution is -0.0187. The highest BCUT2D eigenvalue weighted by molar-refractivity contribution is 5.89. The second kappa shape index (κ2) is 5.46. The fourth-order valence-electron chi connectivity index (χ4n) is 1.86.